The Morgan fingerprint density at radius 3 is 2.75 bits per heavy atom. The number of aryl methyl sites for hydroxylation is 1. The molecule has 2 heterocycles. The van der Waals surface area contributed by atoms with E-state index in [0.717, 1.165) is 28.7 Å². The number of aromatic nitrogens is 2. The van der Waals surface area contributed by atoms with Crippen molar-refractivity contribution >= 4 is 27.1 Å². The summed E-state index contributed by atoms with van der Waals surface area (Å²) in [6.45, 7) is 6.10. The van der Waals surface area contributed by atoms with Gasteiger partial charge < -0.3 is 4.40 Å². The van der Waals surface area contributed by atoms with E-state index in [-0.39, 0.29) is 5.56 Å². The number of nitrogens with zero attached hydrogens (tertiary/aromatic N) is 2. The molecule has 0 unspecified atom stereocenters. The van der Waals surface area contributed by atoms with Gasteiger partial charge in [-0.2, -0.15) is 0 Å². The van der Waals surface area contributed by atoms with Gasteiger partial charge in [0.05, 0.1) is 0 Å². The van der Waals surface area contributed by atoms with Crippen LogP contribution in [0.3, 0.4) is 0 Å². The summed E-state index contributed by atoms with van der Waals surface area (Å²) >= 11 is 3.45. The van der Waals surface area contributed by atoms with Crippen molar-refractivity contribution in [1.29, 1.82) is 0 Å². The number of hydrogen-bond donors (Lipinski definition) is 0. The van der Waals surface area contributed by atoms with Crippen LogP contribution >= 0.6 is 15.9 Å². The van der Waals surface area contributed by atoms with Gasteiger partial charge in [0.15, 0.2) is 0 Å². The van der Waals surface area contributed by atoms with Gasteiger partial charge in [-0.3, -0.25) is 9.36 Å². The minimum absolute atomic E-state index is 0.00933. The van der Waals surface area contributed by atoms with Gasteiger partial charge in [0.1, 0.15) is 5.52 Å². The Labute approximate surface area is 127 Å². The van der Waals surface area contributed by atoms with E-state index in [1.165, 1.54) is 0 Å². The average Bonchev–Trinajstić information content (AvgIpc) is 2.82. The van der Waals surface area contributed by atoms with Crippen LogP contribution in [0.25, 0.3) is 11.2 Å². The van der Waals surface area contributed by atoms with E-state index >= 15 is 0 Å². The van der Waals surface area contributed by atoms with E-state index in [2.05, 4.69) is 35.9 Å². The van der Waals surface area contributed by atoms with Gasteiger partial charge in [-0.1, -0.05) is 26.0 Å². The normalized spacial score (nSPS) is 12.7. The average molecular weight is 335 g/mol. The molecule has 0 atom stereocenters. The zero-order valence-electron chi connectivity index (χ0n) is 12.1. The lowest BCUT2D eigenvalue weighted by Gasteiger charge is -2.14. The van der Waals surface area contributed by atoms with E-state index in [1.54, 1.807) is 4.57 Å². The van der Waals surface area contributed by atoms with E-state index in [1.807, 2.05) is 41.9 Å². The van der Waals surface area contributed by atoms with Crippen LogP contribution in [0.15, 0.2) is 46.0 Å². The standard InChI is InChI=1S/C16H19BrN2O/c1-4-7-8-12(5-2)19-13(6-3)11-18-10-9-14(17)15(18)16(19)20/h5,7-11H,4,6H2,1-3H3/b8-7-,12-5+. The van der Waals surface area contributed by atoms with Crippen LogP contribution in [0.2, 0.25) is 0 Å². The highest BCUT2D eigenvalue weighted by atomic mass is 79.9. The molecule has 0 aromatic carbocycles. The van der Waals surface area contributed by atoms with Crippen molar-refractivity contribution in [1.82, 2.24) is 8.97 Å². The third-order valence-electron chi connectivity index (χ3n) is 3.29. The molecule has 2 aromatic heterocycles. The first-order valence-corrected chi connectivity index (χ1v) is 7.67. The number of rotatable bonds is 4. The minimum atomic E-state index is 0.00933. The van der Waals surface area contributed by atoms with E-state index in [4.69, 9.17) is 0 Å². The molecule has 2 aromatic rings. The molecule has 2 rings (SSSR count). The molecule has 0 spiro atoms. The molecule has 3 nitrogen and oxygen atoms in total. The molecular formula is C16H19BrN2O. The zero-order valence-corrected chi connectivity index (χ0v) is 13.6. The summed E-state index contributed by atoms with van der Waals surface area (Å²) in [5.74, 6) is 0. The number of halogens is 1. The van der Waals surface area contributed by atoms with Crippen LogP contribution in [0.1, 0.15) is 32.9 Å². The molecule has 4 heteroatoms. The molecule has 0 fully saturated rings. The zero-order chi connectivity index (χ0) is 14.7. The first-order valence-electron chi connectivity index (χ1n) is 6.88. The molecule has 0 aliphatic rings. The fraction of sp³-hybridized carbons (Fsp3) is 0.312. The monoisotopic (exact) mass is 334 g/mol. The topological polar surface area (TPSA) is 26.4 Å². The van der Waals surface area contributed by atoms with Gasteiger partial charge >= 0.3 is 0 Å². The molecule has 0 aliphatic heterocycles. The van der Waals surface area contributed by atoms with Gasteiger partial charge in [-0.25, -0.2) is 0 Å². The largest absolute Gasteiger partial charge is 0.316 e. The molecule has 0 saturated heterocycles. The fourth-order valence-corrected chi connectivity index (χ4v) is 2.76. The van der Waals surface area contributed by atoms with Gasteiger partial charge in [0, 0.05) is 28.3 Å². The summed E-state index contributed by atoms with van der Waals surface area (Å²) in [6.07, 6.45) is 11.7. The maximum absolute atomic E-state index is 12.8. The van der Waals surface area contributed by atoms with Gasteiger partial charge in [0.2, 0.25) is 0 Å². The number of fused-ring (bicyclic) bond motifs is 1. The van der Waals surface area contributed by atoms with Crippen molar-refractivity contribution in [3.8, 4) is 0 Å². The first-order chi connectivity index (χ1) is 9.63. The van der Waals surface area contributed by atoms with Crippen molar-refractivity contribution < 1.29 is 0 Å². The summed E-state index contributed by atoms with van der Waals surface area (Å²) in [5.41, 5.74) is 2.60. The van der Waals surface area contributed by atoms with Crippen LogP contribution in [0.4, 0.5) is 0 Å². The predicted octanol–water partition coefficient (Wildman–Crippen LogP) is 4.25. The van der Waals surface area contributed by atoms with Crippen LogP contribution in [-0.2, 0) is 6.42 Å². The predicted molar refractivity (Wildman–Crippen MR) is 88.1 cm³/mol. The summed E-state index contributed by atoms with van der Waals surface area (Å²) in [4.78, 5) is 12.8. The van der Waals surface area contributed by atoms with Crippen LogP contribution < -0.4 is 5.56 Å². The van der Waals surface area contributed by atoms with Crippen LogP contribution in [0.5, 0.6) is 0 Å². The van der Waals surface area contributed by atoms with Crippen LogP contribution in [-0.4, -0.2) is 8.97 Å². The van der Waals surface area contributed by atoms with Gasteiger partial charge in [-0.15, -0.1) is 0 Å². The lowest BCUT2D eigenvalue weighted by molar-refractivity contribution is 0.869. The third-order valence-corrected chi connectivity index (χ3v) is 3.93. The van der Waals surface area contributed by atoms with Crippen molar-refractivity contribution in [3.05, 3.63) is 57.2 Å². The quantitative estimate of drug-likeness (QED) is 0.767. The Hall–Kier alpha value is -1.55. The fourth-order valence-electron chi connectivity index (χ4n) is 2.27. The maximum Gasteiger partial charge on any atom is 0.280 e. The Morgan fingerprint density at radius 1 is 1.40 bits per heavy atom. The lowest BCUT2D eigenvalue weighted by Crippen LogP contribution is -2.24. The molecule has 20 heavy (non-hydrogen) atoms. The van der Waals surface area contributed by atoms with Gasteiger partial charge in [0.25, 0.3) is 5.56 Å². The van der Waals surface area contributed by atoms with Crippen molar-refractivity contribution in [2.45, 2.75) is 33.6 Å². The third kappa shape index (κ3) is 2.52. The second kappa shape index (κ2) is 6.27. The van der Waals surface area contributed by atoms with E-state index < -0.39 is 0 Å². The highest BCUT2D eigenvalue weighted by molar-refractivity contribution is 9.10. The summed E-state index contributed by atoms with van der Waals surface area (Å²) < 4.78 is 4.51. The smallest absolute Gasteiger partial charge is 0.280 e. The SMILES string of the molecule is C/C=C(\C=C/CC)n1c(CC)cn2ccc(Br)c2c1=O. The summed E-state index contributed by atoms with van der Waals surface area (Å²) in [7, 11) is 0. The molecule has 0 saturated carbocycles. The Kier molecular flexibility index (Phi) is 4.65. The van der Waals surface area contributed by atoms with E-state index in [0.29, 0.717) is 5.52 Å². The summed E-state index contributed by atoms with van der Waals surface area (Å²) in [5, 5.41) is 0. The molecular weight excluding hydrogens is 316 g/mol. The van der Waals surface area contributed by atoms with Crippen LogP contribution in [0, 0.1) is 0 Å². The molecule has 0 bridgehead atoms. The molecule has 0 aliphatic carbocycles. The Morgan fingerprint density at radius 2 is 2.15 bits per heavy atom. The number of allylic oxidation sites excluding steroid dienone is 4. The van der Waals surface area contributed by atoms with E-state index in [9.17, 15) is 4.79 Å². The highest BCUT2D eigenvalue weighted by Crippen LogP contribution is 2.18. The summed E-state index contributed by atoms with van der Waals surface area (Å²) in [6, 6.07) is 1.90. The second-order valence-corrected chi connectivity index (χ2v) is 5.41. The van der Waals surface area contributed by atoms with Crippen molar-refractivity contribution in [2.24, 2.45) is 0 Å². The van der Waals surface area contributed by atoms with Crippen molar-refractivity contribution in [3.63, 3.8) is 0 Å². The molecule has 0 amide bonds. The molecule has 0 N–H and O–H groups in total. The van der Waals surface area contributed by atoms with Gasteiger partial charge in [-0.05, 0) is 47.8 Å². The minimum Gasteiger partial charge on any atom is -0.316 e. The Bertz CT molecular complexity index is 735. The molecule has 106 valence electrons. The molecule has 0 radical (unpaired) electrons. The van der Waals surface area contributed by atoms with Crippen molar-refractivity contribution in [2.75, 3.05) is 0 Å². The lowest BCUT2D eigenvalue weighted by atomic mass is 10.2. The first kappa shape index (κ1) is 14.9. The maximum atomic E-state index is 12.8. The second-order valence-electron chi connectivity index (χ2n) is 4.56. The highest BCUT2D eigenvalue weighted by Gasteiger charge is 2.12. The Balaban J connectivity index is 2.79. The number of hydrogen-bond acceptors (Lipinski definition) is 1.